The maximum atomic E-state index is 14.2. The Hall–Kier alpha value is -3.96. The summed E-state index contributed by atoms with van der Waals surface area (Å²) in [5.74, 6) is -0.276. The first-order valence-corrected chi connectivity index (χ1v) is 14.5. The number of sulfonamides is 1. The first-order valence-electron chi connectivity index (χ1n) is 12.7. The zero-order valence-corrected chi connectivity index (χ0v) is 25.2. The molecule has 0 unspecified atom stereocenters. The minimum absolute atomic E-state index is 0.0544. The summed E-state index contributed by atoms with van der Waals surface area (Å²) in [6.45, 7) is 1.13. The van der Waals surface area contributed by atoms with Crippen LogP contribution in [0.25, 0.3) is 0 Å². The van der Waals surface area contributed by atoms with Crippen LogP contribution in [0.15, 0.2) is 71.6 Å². The topological polar surface area (TPSA) is 114 Å². The molecule has 1 atom stereocenters. The van der Waals surface area contributed by atoms with Gasteiger partial charge in [-0.1, -0.05) is 41.9 Å². The number of carbonyl (C=O) groups is 2. The lowest BCUT2D eigenvalue weighted by Gasteiger charge is -2.32. The van der Waals surface area contributed by atoms with Gasteiger partial charge in [0, 0.05) is 24.7 Å². The maximum Gasteiger partial charge on any atom is 0.265 e. The highest BCUT2D eigenvalue weighted by Gasteiger charge is 2.34. The Morgan fingerprint density at radius 3 is 2.15 bits per heavy atom. The van der Waals surface area contributed by atoms with Gasteiger partial charge in [0.1, 0.15) is 18.3 Å². The molecular formula is C29H34ClN3O7S. The number of halogens is 1. The molecular weight excluding hydrogens is 570 g/mol. The van der Waals surface area contributed by atoms with E-state index in [1.807, 2.05) is 30.3 Å². The van der Waals surface area contributed by atoms with Gasteiger partial charge in [-0.25, -0.2) is 8.42 Å². The van der Waals surface area contributed by atoms with Gasteiger partial charge in [0.15, 0.2) is 11.5 Å². The highest BCUT2D eigenvalue weighted by Crippen LogP contribution is 2.37. The van der Waals surface area contributed by atoms with Crippen molar-refractivity contribution in [1.29, 1.82) is 0 Å². The quantitative estimate of drug-likeness (QED) is 0.316. The van der Waals surface area contributed by atoms with Gasteiger partial charge in [-0.15, -0.1) is 0 Å². The van der Waals surface area contributed by atoms with Crippen molar-refractivity contribution < 1.29 is 32.2 Å². The molecule has 3 aromatic rings. The van der Waals surface area contributed by atoms with Crippen LogP contribution in [0.1, 0.15) is 12.5 Å². The predicted molar refractivity (Wildman–Crippen MR) is 157 cm³/mol. The second kappa shape index (κ2) is 14.1. The van der Waals surface area contributed by atoms with E-state index in [0.29, 0.717) is 12.2 Å². The Balaban J connectivity index is 2.10. The van der Waals surface area contributed by atoms with Gasteiger partial charge in [0.25, 0.3) is 10.0 Å². The Bertz CT molecular complexity index is 1470. The monoisotopic (exact) mass is 603 g/mol. The molecule has 220 valence electrons. The molecule has 3 aromatic carbocycles. The van der Waals surface area contributed by atoms with Gasteiger partial charge in [0.2, 0.25) is 11.8 Å². The van der Waals surface area contributed by atoms with Crippen molar-refractivity contribution in [3.63, 3.8) is 0 Å². The number of rotatable bonds is 13. The first-order chi connectivity index (χ1) is 19.6. The molecule has 0 aliphatic heterocycles. The molecule has 0 fully saturated rings. The van der Waals surface area contributed by atoms with Crippen LogP contribution < -0.4 is 23.8 Å². The van der Waals surface area contributed by atoms with Crippen LogP contribution in [-0.4, -0.2) is 72.6 Å². The van der Waals surface area contributed by atoms with E-state index in [9.17, 15) is 18.0 Å². The number of benzene rings is 3. The lowest BCUT2D eigenvalue weighted by Crippen LogP contribution is -2.51. The van der Waals surface area contributed by atoms with Crippen molar-refractivity contribution in [3.05, 3.63) is 77.3 Å². The molecule has 1 N–H and O–H groups in total. The van der Waals surface area contributed by atoms with E-state index in [1.54, 1.807) is 13.0 Å². The van der Waals surface area contributed by atoms with Crippen LogP contribution in [0.2, 0.25) is 5.02 Å². The second-order valence-electron chi connectivity index (χ2n) is 8.96. The number of nitrogens with zero attached hydrogens (tertiary/aromatic N) is 2. The largest absolute Gasteiger partial charge is 0.495 e. The molecule has 0 heterocycles. The Morgan fingerprint density at radius 1 is 0.902 bits per heavy atom. The van der Waals surface area contributed by atoms with Crippen LogP contribution in [0, 0.1) is 0 Å². The third-order valence-electron chi connectivity index (χ3n) is 6.53. The molecule has 0 saturated heterocycles. The average Bonchev–Trinajstić information content (AvgIpc) is 2.99. The SMILES string of the molecule is CNC(=O)[C@H](C)N(CCc1ccccc1)C(=O)CN(c1cc(Cl)ccc1OC)S(=O)(=O)c1ccc(OC)c(OC)c1. The normalized spacial score (nSPS) is 11.8. The van der Waals surface area contributed by atoms with Crippen molar-refractivity contribution in [2.75, 3.05) is 45.8 Å². The zero-order valence-electron chi connectivity index (χ0n) is 23.6. The number of amides is 2. The number of carbonyl (C=O) groups excluding carboxylic acids is 2. The van der Waals surface area contributed by atoms with E-state index < -0.39 is 28.5 Å². The maximum absolute atomic E-state index is 14.2. The molecule has 3 rings (SSSR count). The predicted octanol–water partition coefficient (Wildman–Crippen LogP) is 3.77. The zero-order chi connectivity index (χ0) is 30.2. The molecule has 0 bridgehead atoms. The van der Waals surface area contributed by atoms with Crippen LogP contribution in [0.5, 0.6) is 17.2 Å². The van der Waals surface area contributed by atoms with Crippen molar-refractivity contribution in [1.82, 2.24) is 10.2 Å². The summed E-state index contributed by atoms with van der Waals surface area (Å²) in [7, 11) is 1.29. The van der Waals surface area contributed by atoms with Crippen molar-refractivity contribution in [2.24, 2.45) is 0 Å². The van der Waals surface area contributed by atoms with Crippen LogP contribution in [-0.2, 0) is 26.0 Å². The number of hydrogen-bond acceptors (Lipinski definition) is 7. The van der Waals surface area contributed by atoms with Gasteiger partial charge in [-0.05, 0) is 49.2 Å². The number of ether oxygens (including phenoxy) is 3. The van der Waals surface area contributed by atoms with E-state index in [-0.39, 0.29) is 39.6 Å². The lowest BCUT2D eigenvalue weighted by atomic mass is 10.1. The molecule has 0 saturated carbocycles. The van der Waals surface area contributed by atoms with Crippen LogP contribution in [0.4, 0.5) is 5.69 Å². The summed E-state index contributed by atoms with van der Waals surface area (Å²) >= 11 is 6.27. The fourth-order valence-corrected chi connectivity index (χ4v) is 5.85. The number of methoxy groups -OCH3 is 3. The number of likely N-dealkylation sites (N-methyl/N-ethyl adjacent to an activating group) is 1. The summed E-state index contributed by atoms with van der Waals surface area (Å²) in [4.78, 5) is 27.7. The molecule has 0 aliphatic carbocycles. The standard InChI is InChI=1S/C29H34ClN3O7S/c1-20(29(35)31-2)32(16-15-21-9-7-6-8-10-21)28(34)19-33(24-17-22(30)11-13-25(24)38-3)41(36,37)23-12-14-26(39-4)27(18-23)40-5/h6-14,17-18,20H,15-16,19H2,1-5H3,(H,31,35)/t20-/m0/s1. The minimum atomic E-state index is -4.40. The molecule has 0 aliphatic rings. The highest BCUT2D eigenvalue weighted by atomic mass is 35.5. The number of anilines is 1. The molecule has 2 amide bonds. The molecule has 0 aromatic heterocycles. The third-order valence-corrected chi connectivity index (χ3v) is 8.52. The first kappa shape index (κ1) is 31.6. The summed E-state index contributed by atoms with van der Waals surface area (Å²) in [6, 6.07) is 17.2. The smallest absolute Gasteiger partial charge is 0.265 e. The van der Waals surface area contributed by atoms with Crippen LogP contribution in [0.3, 0.4) is 0 Å². The molecule has 0 radical (unpaired) electrons. The second-order valence-corrected chi connectivity index (χ2v) is 11.3. The number of hydrogen-bond donors (Lipinski definition) is 1. The van der Waals surface area contributed by atoms with Gasteiger partial charge < -0.3 is 24.4 Å². The fourth-order valence-electron chi connectivity index (χ4n) is 4.25. The van der Waals surface area contributed by atoms with Crippen molar-refractivity contribution in [2.45, 2.75) is 24.3 Å². The summed E-state index contributed by atoms with van der Waals surface area (Å²) in [5.41, 5.74) is 1.01. The molecule has 10 nitrogen and oxygen atoms in total. The Morgan fingerprint density at radius 2 is 1.54 bits per heavy atom. The van der Waals surface area contributed by atoms with Crippen molar-refractivity contribution >= 4 is 39.1 Å². The summed E-state index contributed by atoms with van der Waals surface area (Å²) < 4.78 is 45.2. The highest BCUT2D eigenvalue weighted by molar-refractivity contribution is 7.92. The van der Waals surface area contributed by atoms with E-state index in [2.05, 4.69) is 5.32 Å². The minimum Gasteiger partial charge on any atom is -0.495 e. The van der Waals surface area contributed by atoms with Gasteiger partial charge >= 0.3 is 0 Å². The summed E-state index contributed by atoms with van der Waals surface area (Å²) in [5, 5.41) is 2.80. The third kappa shape index (κ3) is 7.42. The number of nitrogens with one attached hydrogen (secondary N) is 1. The van der Waals surface area contributed by atoms with Crippen LogP contribution >= 0.6 is 11.6 Å². The fraction of sp³-hybridized carbons (Fsp3) is 0.310. The molecule has 41 heavy (non-hydrogen) atoms. The summed E-state index contributed by atoms with van der Waals surface area (Å²) in [6.07, 6.45) is 0.455. The molecule has 0 spiro atoms. The molecule has 12 heteroatoms. The van der Waals surface area contributed by atoms with E-state index >= 15 is 0 Å². The van der Waals surface area contributed by atoms with E-state index in [1.165, 1.54) is 63.6 Å². The Labute approximate surface area is 245 Å². The van der Waals surface area contributed by atoms with Crippen molar-refractivity contribution in [3.8, 4) is 17.2 Å². The van der Waals surface area contributed by atoms with E-state index in [4.69, 9.17) is 25.8 Å². The Kier molecular flexibility index (Phi) is 10.8. The van der Waals surface area contributed by atoms with Gasteiger partial charge in [0.05, 0.1) is 31.9 Å². The lowest BCUT2D eigenvalue weighted by molar-refractivity contribution is -0.138. The van der Waals surface area contributed by atoms with E-state index in [0.717, 1.165) is 9.87 Å². The van der Waals surface area contributed by atoms with Gasteiger partial charge in [-0.3, -0.25) is 13.9 Å². The van der Waals surface area contributed by atoms with Gasteiger partial charge in [-0.2, -0.15) is 0 Å². The average molecular weight is 604 g/mol.